The smallest absolute Gasteiger partial charge is 0.126 e. The van der Waals surface area contributed by atoms with Crippen LogP contribution in [0, 0.1) is 5.92 Å². The summed E-state index contributed by atoms with van der Waals surface area (Å²) < 4.78 is 5.82. The van der Waals surface area contributed by atoms with Gasteiger partial charge in [0.05, 0.1) is 6.61 Å². The van der Waals surface area contributed by atoms with Gasteiger partial charge in [0.2, 0.25) is 0 Å². The maximum atomic E-state index is 10.7. The summed E-state index contributed by atoms with van der Waals surface area (Å²) in [4.78, 5) is 0. The van der Waals surface area contributed by atoms with Crippen LogP contribution in [0.5, 0.6) is 17.2 Å². The molecule has 0 heterocycles. The number of unbranched alkanes of at least 4 members (excludes halogenated alkanes) is 9. The number of phenols is 2. The van der Waals surface area contributed by atoms with Crippen molar-refractivity contribution in [3.05, 3.63) is 41.5 Å². The first-order chi connectivity index (χ1) is 14.9. The first kappa shape index (κ1) is 25.4. The number of ether oxygens (including phenoxy) is 1. The number of hydrogen-bond donors (Lipinski definition) is 2. The number of aromatic hydroxyl groups is 2. The molecule has 0 saturated heterocycles. The highest BCUT2D eigenvalue weighted by Gasteiger charge is 2.30. The lowest BCUT2D eigenvalue weighted by Crippen LogP contribution is -2.17. The number of benzene rings is 1. The maximum Gasteiger partial charge on any atom is 0.126 e. The third-order valence-corrected chi connectivity index (χ3v) is 6.59. The lowest BCUT2D eigenvalue weighted by molar-refractivity contribution is 0.299. The van der Waals surface area contributed by atoms with E-state index in [1.807, 2.05) is 6.92 Å². The van der Waals surface area contributed by atoms with Gasteiger partial charge in [-0.2, -0.15) is 0 Å². The lowest BCUT2D eigenvalue weighted by Gasteiger charge is -2.31. The van der Waals surface area contributed by atoms with Crippen LogP contribution >= 0.6 is 0 Å². The van der Waals surface area contributed by atoms with Crippen molar-refractivity contribution in [2.24, 2.45) is 5.92 Å². The van der Waals surface area contributed by atoms with E-state index in [4.69, 9.17) is 4.74 Å². The second-order valence-corrected chi connectivity index (χ2v) is 9.44. The Morgan fingerprint density at radius 3 is 2.06 bits per heavy atom. The predicted molar refractivity (Wildman–Crippen MR) is 131 cm³/mol. The second-order valence-electron chi connectivity index (χ2n) is 9.44. The van der Waals surface area contributed by atoms with Gasteiger partial charge in [0, 0.05) is 23.6 Å². The Morgan fingerprint density at radius 1 is 0.968 bits per heavy atom. The van der Waals surface area contributed by atoms with Gasteiger partial charge in [-0.15, -0.1) is 0 Å². The molecule has 0 bridgehead atoms. The zero-order chi connectivity index (χ0) is 22.6. The molecule has 2 rings (SSSR count). The van der Waals surface area contributed by atoms with Crippen LogP contribution in [0.2, 0.25) is 0 Å². The molecule has 0 radical (unpaired) electrons. The molecular weight excluding hydrogens is 384 g/mol. The summed E-state index contributed by atoms with van der Waals surface area (Å²) in [6, 6.07) is 3.30. The number of allylic oxidation sites excluding steroid dienone is 3. The Hall–Kier alpha value is -1.90. The fourth-order valence-corrected chi connectivity index (χ4v) is 4.71. The van der Waals surface area contributed by atoms with Crippen molar-refractivity contribution in [3.8, 4) is 17.2 Å². The van der Waals surface area contributed by atoms with Gasteiger partial charge in [0.15, 0.2) is 0 Å². The van der Waals surface area contributed by atoms with Gasteiger partial charge in [-0.3, -0.25) is 0 Å². The fraction of sp³-hybridized carbons (Fsp3) is 0.643. The van der Waals surface area contributed by atoms with Crippen molar-refractivity contribution < 1.29 is 14.9 Å². The third kappa shape index (κ3) is 8.27. The minimum atomic E-state index is -0.0396. The summed E-state index contributed by atoms with van der Waals surface area (Å²) in [6.07, 6.45) is 17.1. The van der Waals surface area contributed by atoms with Gasteiger partial charge >= 0.3 is 0 Å². The highest BCUT2D eigenvalue weighted by Crippen LogP contribution is 2.47. The van der Waals surface area contributed by atoms with Crippen LogP contribution in [0.4, 0.5) is 0 Å². The minimum absolute atomic E-state index is 0.0396. The van der Waals surface area contributed by atoms with E-state index in [1.165, 1.54) is 56.9 Å². The van der Waals surface area contributed by atoms with Gasteiger partial charge < -0.3 is 14.9 Å². The summed E-state index contributed by atoms with van der Waals surface area (Å²) in [5, 5.41) is 21.4. The van der Waals surface area contributed by atoms with Crippen molar-refractivity contribution in [2.45, 2.75) is 104 Å². The van der Waals surface area contributed by atoms with Crippen molar-refractivity contribution >= 4 is 0 Å². The molecule has 2 N–H and O–H groups in total. The molecule has 1 aromatic rings. The molecule has 174 valence electrons. The Kier molecular flexibility index (Phi) is 11.0. The molecule has 2 unspecified atom stereocenters. The summed E-state index contributed by atoms with van der Waals surface area (Å²) in [5.74, 6) is 0.958. The first-order valence-corrected chi connectivity index (χ1v) is 12.4. The molecule has 0 spiro atoms. The van der Waals surface area contributed by atoms with Crippen LogP contribution in [0.25, 0.3) is 0 Å². The molecule has 0 aromatic heterocycles. The summed E-state index contributed by atoms with van der Waals surface area (Å²) in [7, 11) is 0. The Morgan fingerprint density at radius 2 is 1.52 bits per heavy atom. The molecule has 1 aliphatic rings. The number of phenolic OH excluding ortho intramolecular Hbond substituents is 2. The van der Waals surface area contributed by atoms with Crippen molar-refractivity contribution in [2.75, 3.05) is 6.61 Å². The van der Waals surface area contributed by atoms with E-state index >= 15 is 0 Å². The second kappa shape index (κ2) is 13.5. The van der Waals surface area contributed by atoms with Gasteiger partial charge in [-0.1, -0.05) is 88.5 Å². The molecule has 3 nitrogen and oxygen atoms in total. The Bertz CT molecular complexity index is 696. The monoisotopic (exact) mass is 428 g/mol. The number of hydrogen-bond acceptors (Lipinski definition) is 3. The van der Waals surface area contributed by atoms with E-state index in [-0.39, 0.29) is 23.3 Å². The minimum Gasteiger partial charge on any atom is -0.507 e. The van der Waals surface area contributed by atoms with E-state index < -0.39 is 0 Å². The van der Waals surface area contributed by atoms with Crippen LogP contribution in [-0.2, 0) is 0 Å². The molecular formula is C28H44O3. The molecule has 1 aromatic carbocycles. The third-order valence-electron chi connectivity index (χ3n) is 6.59. The maximum absolute atomic E-state index is 10.7. The Labute approximate surface area is 190 Å². The standard InChI is InChI=1S/C28H44O3/c1-5-6-7-8-9-10-11-12-13-14-17-31-23-19-26(29)28(27(30)20-23)25-18-22(4)15-16-24(25)21(2)3/h18-20,24-25,29-30H,2,5-17H2,1,3-4H3. The molecule has 0 saturated carbocycles. The van der Waals surface area contributed by atoms with Gasteiger partial charge in [-0.05, 0) is 39.0 Å². The van der Waals surface area contributed by atoms with Crippen LogP contribution in [-0.4, -0.2) is 16.8 Å². The Balaban J connectivity index is 1.79. The zero-order valence-electron chi connectivity index (χ0n) is 20.1. The number of rotatable bonds is 14. The average Bonchev–Trinajstić information content (AvgIpc) is 2.71. The summed E-state index contributed by atoms with van der Waals surface area (Å²) >= 11 is 0. The van der Waals surface area contributed by atoms with Crippen LogP contribution < -0.4 is 4.74 Å². The van der Waals surface area contributed by atoms with Gasteiger partial charge in [0.1, 0.15) is 17.2 Å². The van der Waals surface area contributed by atoms with E-state index in [1.54, 1.807) is 12.1 Å². The SMILES string of the molecule is C=C(C)C1CCC(C)=CC1c1c(O)cc(OCCCCCCCCCCCC)cc1O. The average molecular weight is 429 g/mol. The van der Waals surface area contributed by atoms with E-state index in [0.29, 0.717) is 17.9 Å². The molecule has 3 heteroatoms. The highest BCUT2D eigenvalue weighted by atomic mass is 16.5. The normalized spacial score (nSPS) is 18.6. The topological polar surface area (TPSA) is 49.7 Å². The molecule has 0 fully saturated rings. The summed E-state index contributed by atoms with van der Waals surface area (Å²) in [5.41, 5.74) is 2.98. The largest absolute Gasteiger partial charge is 0.507 e. The van der Waals surface area contributed by atoms with Gasteiger partial charge in [-0.25, -0.2) is 0 Å². The summed E-state index contributed by atoms with van der Waals surface area (Å²) in [6.45, 7) is 11.1. The van der Waals surface area contributed by atoms with E-state index in [9.17, 15) is 10.2 Å². The molecule has 0 amide bonds. The quantitative estimate of drug-likeness (QED) is 0.231. The van der Waals surface area contributed by atoms with Crippen molar-refractivity contribution in [1.82, 2.24) is 0 Å². The van der Waals surface area contributed by atoms with Gasteiger partial charge in [0.25, 0.3) is 0 Å². The first-order valence-electron chi connectivity index (χ1n) is 12.4. The highest BCUT2D eigenvalue weighted by molar-refractivity contribution is 5.53. The van der Waals surface area contributed by atoms with E-state index in [0.717, 1.165) is 31.3 Å². The lowest BCUT2D eigenvalue weighted by atomic mass is 9.74. The molecule has 2 atom stereocenters. The van der Waals surface area contributed by atoms with Crippen LogP contribution in [0.3, 0.4) is 0 Å². The van der Waals surface area contributed by atoms with E-state index in [2.05, 4.69) is 26.5 Å². The van der Waals surface area contributed by atoms with Crippen molar-refractivity contribution in [3.63, 3.8) is 0 Å². The van der Waals surface area contributed by atoms with Crippen LogP contribution in [0.1, 0.15) is 109 Å². The van der Waals surface area contributed by atoms with Crippen molar-refractivity contribution in [1.29, 1.82) is 0 Å². The molecule has 1 aliphatic carbocycles. The van der Waals surface area contributed by atoms with Crippen LogP contribution in [0.15, 0.2) is 35.9 Å². The molecule has 0 aliphatic heterocycles. The molecule has 31 heavy (non-hydrogen) atoms. The predicted octanol–water partition coefficient (Wildman–Crippen LogP) is 8.41. The fourth-order valence-electron chi connectivity index (χ4n) is 4.71. The zero-order valence-corrected chi connectivity index (χ0v) is 20.1.